The molecule has 14 heteroatoms. The van der Waals surface area contributed by atoms with Gasteiger partial charge in [-0.05, 0) is 110 Å². The van der Waals surface area contributed by atoms with E-state index in [0.717, 1.165) is 122 Å². The maximum atomic E-state index is 14.0. The highest BCUT2D eigenvalue weighted by Gasteiger charge is 2.40. The summed E-state index contributed by atoms with van der Waals surface area (Å²) in [6.45, 7) is 2.60. The summed E-state index contributed by atoms with van der Waals surface area (Å²) in [5.41, 5.74) is 7.19. The SMILES string of the molecule is COc1ccc2c(c1P(c1ccccc1)c1ccccc1)-c1c(ccc(OC)c1P(c1ccccc1)c1ccccc1)OP(C)(=O)O2.c1ccc(-c2ccc3c(c2OP(c2ccccc2)c2ccccc2)-c2c(ccc(-c4ccccc4)c2OP(c2ccccc2)c2ccccc2)OCCCCO3)cc1. The van der Waals surface area contributed by atoms with E-state index in [1.165, 1.54) is 6.66 Å². The van der Waals surface area contributed by atoms with Crippen LogP contribution in [0.3, 0.4) is 0 Å². The number of methoxy groups -OCH3 is 2. The molecule has 0 saturated carbocycles. The van der Waals surface area contributed by atoms with Gasteiger partial charge in [-0.15, -0.1) is 0 Å². The van der Waals surface area contributed by atoms with Gasteiger partial charge >= 0.3 is 7.60 Å². The summed E-state index contributed by atoms with van der Waals surface area (Å²) >= 11 is 0. The van der Waals surface area contributed by atoms with Crippen LogP contribution in [0.15, 0.2) is 352 Å². The van der Waals surface area contributed by atoms with Gasteiger partial charge in [0, 0.05) is 54.1 Å². The fourth-order valence-electron chi connectivity index (χ4n) is 13.3. The molecule has 0 saturated heterocycles. The normalized spacial score (nSPS) is 12.8. The van der Waals surface area contributed by atoms with Crippen molar-refractivity contribution in [3.8, 4) is 90.5 Å². The van der Waals surface area contributed by atoms with E-state index in [1.54, 1.807) is 14.2 Å². The second-order valence-electron chi connectivity index (χ2n) is 24.8. The van der Waals surface area contributed by atoms with E-state index in [0.29, 0.717) is 47.7 Å². The van der Waals surface area contributed by atoms with E-state index in [1.807, 2.05) is 60.7 Å². The highest BCUT2D eigenvalue weighted by molar-refractivity contribution is 7.81. The van der Waals surface area contributed by atoms with Crippen LogP contribution in [0, 0.1) is 0 Å². The number of hydrogen-bond donors (Lipinski definition) is 0. The van der Waals surface area contributed by atoms with Gasteiger partial charge in [-0.3, -0.25) is 0 Å². The molecule has 0 unspecified atom stereocenters. The van der Waals surface area contributed by atoms with Gasteiger partial charge in [0.2, 0.25) is 0 Å². The molecule has 0 atom stereocenters. The largest absolute Gasteiger partial charge is 0.496 e. The van der Waals surface area contributed by atoms with Crippen molar-refractivity contribution in [2.24, 2.45) is 0 Å². The molecule has 0 aliphatic carbocycles. The van der Waals surface area contributed by atoms with E-state index < -0.39 is 39.7 Å². The molecule has 518 valence electrons. The first-order chi connectivity index (χ1) is 51.8. The number of fused-ring (bicyclic) bond motifs is 6. The van der Waals surface area contributed by atoms with E-state index in [2.05, 4.69) is 291 Å². The van der Waals surface area contributed by atoms with Crippen LogP contribution in [0.5, 0.6) is 46.0 Å². The molecule has 14 aromatic rings. The Morgan fingerprint density at radius 2 is 0.552 bits per heavy atom. The minimum Gasteiger partial charge on any atom is -0.496 e. The van der Waals surface area contributed by atoms with Crippen molar-refractivity contribution in [1.29, 1.82) is 0 Å². The third kappa shape index (κ3) is 15.5. The summed E-state index contributed by atoms with van der Waals surface area (Å²) in [5.74, 6) is 5.25. The molecule has 2 aliphatic heterocycles. The predicted molar refractivity (Wildman–Crippen MR) is 440 cm³/mol. The molecular formula is C91H75O9P5. The van der Waals surface area contributed by atoms with Crippen LogP contribution in [0.1, 0.15) is 12.8 Å². The van der Waals surface area contributed by atoms with Crippen LogP contribution in [-0.4, -0.2) is 34.1 Å². The lowest BCUT2D eigenvalue weighted by Gasteiger charge is -2.29. The van der Waals surface area contributed by atoms with E-state index >= 15 is 0 Å². The van der Waals surface area contributed by atoms with Crippen LogP contribution in [0.4, 0.5) is 0 Å². The summed E-state index contributed by atoms with van der Waals surface area (Å²) in [6.07, 6.45) is 1.70. The van der Waals surface area contributed by atoms with Crippen molar-refractivity contribution in [1.82, 2.24) is 0 Å². The van der Waals surface area contributed by atoms with Crippen molar-refractivity contribution in [3.63, 3.8) is 0 Å². The van der Waals surface area contributed by atoms with Gasteiger partial charge in [0.15, 0.2) is 16.3 Å². The van der Waals surface area contributed by atoms with Crippen molar-refractivity contribution in [3.05, 3.63) is 352 Å². The molecule has 0 N–H and O–H groups in total. The number of benzene rings is 14. The lowest BCUT2D eigenvalue weighted by atomic mass is 9.92. The van der Waals surface area contributed by atoms with Gasteiger partial charge in [0.1, 0.15) is 46.0 Å². The summed E-state index contributed by atoms with van der Waals surface area (Å²) in [7, 11) is -5.29. The van der Waals surface area contributed by atoms with Gasteiger partial charge in [-0.2, -0.15) is 0 Å². The van der Waals surface area contributed by atoms with Crippen LogP contribution in [0.25, 0.3) is 44.5 Å². The smallest absolute Gasteiger partial charge is 0.427 e. The molecule has 105 heavy (non-hydrogen) atoms. The van der Waals surface area contributed by atoms with Gasteiger partial charge in [0.25, 0.3) is 0 Å². The highest BCUT2D eigenvalue weighted by Crippen LogP contribution is 2.61. The molecule has 9 nitrogen and oxygen atoms in total. The molecule has 14 aromatic carbocycles. The molecule has 0 aromatic heterocycles. The zero-order valence-electron chi connectivity index (χ0n) is 58.2. The molecular weight excluding hydrogens is 1390 g/mol. The number of ether oxygens (including phenoxy) is 4. The Labute approximate surface area is 619 Å². The quantitative estimate of drug-likeness (QED) is 0.0779. The molecule has 2 heterocycles. The fraction of sp³-hybridized carbons (Fsp3) is 0.0769. The Balaban J connectivity index is 0.000000172. The van der Waals surface area contributed by atoms with Crippen LogP contribution in [0.2, 0.25) is 0 Å². The van der Waals surface area contributed by atoms with Crippen LogP contribution < -0.4 is 90.1 Å². The summed E-state index contributed by atoms with van der Waals surface area (Å²) < 4.78 is 68.1. The van der Waals surface area contributed by atoms with Gasteiger partial charge in [0.05, 0.1) is 45.2 Å². The Kier molecular flexibility index (Phi) is 22.1. The van der Waals surface area contributed by atoms with E-state index in [4.69, 9.17) is 37.0 Å². The molecule has 0 fully saturated rings. The van der Waals surface area contributed by atoms with Crippen molar-refractivity contribution >= 4 is 92.8 Å². The Bertz CT molecular complexity index is 4790. The molecule has 0 spiro atoms. The third-order valence-electron chi connectivity index (χ3n) is 18.0. The topological polar surface area (TPSA) is 90.9 Å². The van der Waals surface area contributed by atoms with Crippen molar-refractivity contribution in [2.75, 3.05) is 34.1 Å². The lowest BCUT2D eigenvalue weighted by molar-refractivity contribution is 0.263. The van der Waals surface area contributed by atoms with E-state index in [9.17, 15) is 4.57 Å². The first-order valence-corrected chi connectivity index (χ1v) is 42.1. The molecule has 2 aliphatic rings. The molecule has 0 bridgehead atoms. The van der Waals surface area contributed by atoms with Crippen LogP contribution >= 0.6 is 39.7 Å². The lowest BCUT2D eigenvalue weighted by Crippen LogP contribution is -2.27. The summed E-state index contributed by atoms with van der Waals surface area (Å²) in [4.78, 5) is 0. The third-order valence-corrected chi connectivity index (χ3v) is 27.9. The zero-order valence-corrected chi connectivity index (χ0v) is 62.7. The zero-order chi connectivity index (χ0) is 71.3. The summed E-state index contributed by atoms with van der Waals surface area (Å²) in [5, 5.41) is 10.9. The van der Waals surface area contributed by atoms with Gasteiger partial charge in [-0.25, -0.2) is 4.57 Å². The highest BCUT2D eigenvalue weighted by atomic mass is 31.2. The minimum absolute atomic E-state index is 0.482. The first-order valence-electron chi connectivity index (χ1n) is 34.9. The van der Waals surface area contributed by atoms with E-state index in [-0.39, 0.29) is 0 Å². The predicted octanol–water partition coefficient (Wildman–Crippen LogP) is 19.6. The Morgan fingerprint density at radius 3 is 0.829 bits per heavy atom. The van der Waals surface area contributed by atoms with Gasteiger partial charge in [-0.1, -0.05) is 303 Å². The van der Waals surface area contributed by atoms with Crippen LogP contribution in [-0.2, 0) is 4.57 Å². The maximum absolute atomic E-state index is 14.0. The monoisotopic (exact) mass is 1470 g/mol. The standard InChI is InChI=1S/C52H42O4P2.C39H33O5P3/c1-7-21-39(22-8-1)45-33-35-47-49(51(45)55-57(41-25-11-3-12-26-41)42-27-13-4-14-28-42)50-48(54-38-20-19-37-53-47)36-34-46(40-23-9-2-10-24-40)52(50)56-58(43-29-15-5-16-30-43)44-31-17-6-18-32-44;1-41-34-26-24-32-36(38(34)45(28-16-8-4-9-17-28)29-18-10-5-11-19-29)37-33(44-47(3,40)43-32)25-27-35(42-2)39(37)46(30-20-12-6-13-21-30)31-22-14-7-15-23-31/h1-18,21-36H,19-20,37-38H2;4-27H,1-3H3. The number of hydrogen-bond acceptors (Lipinski definition) is 9. The molecule has 0 amide bonds. The number of rotatable bonds is 18. The minimum atomic E-state index is -3.60. The van der Waals surface area contributed by atoms with Gasteiger partial charge < -0.3 is 37.0 Å². The first kappa shape index (κ1) is 70.1. The Hall–Kier alpha value is -10.6. The second-order valence-corrected chi connectivity index (χ2v) is 34.6. The van der Waals surface area contributed by atoms with Crippen molar-refractivity contribution < 1.29 is 41.6 Å². The maximum Gasteiger partial charge on any atom is 0.427 e. The Morgan fingerprint density at radius 1 is 0.295 bits per heavy atom. The summed E-state index contributed by atoms with van der Waals surface area (Å²) in [6, 6.07) is 121. The molecule has 0 radical (unpaired) electrons. The molecule has 16 rings (SSSR count). The average molecular weight is 1470 g/mol. The average Bonchev–Trinajstić information content (AvgIpc) is 1.73. The van der Waals surface area contributed by atoms with Crippen molar-refractivity contribution in [2.45, 2.75) is 12.8 Å². The second kappa shape index (κ2) is 33.0. The fourth-order valence-corrected chi connectivity index (χ4v) is 23.0.